The summed E-state index contributed by atoms with van der Waals surface area (Å²) in [5, 5.41) is 0. The molecule has 2 rings (SSSR count). The van der Waals surface area contributed by atoms with E-state index in [2.05, 4.69) is 31.0 Å². The monoisotopic (exact) mass is 201 g/mol. The Morgan fingerprint density at radius 3 is 2.53 bits per heavy atom. The molecule has 15 heavy (non-hydrogen) atoms. The van der Waals surface area contributed by atoms with Gasteiger partial charge in [-0.3, -0.25) is 0 Å². The maximum atomic E-state index is 5.45. The van der Waals surface area contributed by atoms with Crippen LogP contribution >= 0.6 is 0 Å². The van der Waals surface area contributed by atoms with E-state index in [-0.39, 0.29) is 5.54 Å². The van der Waals surface area contributed by atoms with Crippen LogP contribution in [0, 0.1) is 0 Å². The van der Waals surface area contributed by atoms with Crippen LogP contribution in [0.4, 0.5) is 0 Å². The molecule has 2 nitrogen and oxygen atoms in total. The highest BCUT2D eigenvalue weighted by Gasteiger charge is 2.24. The maximum Gasteiger partial charge on any atom is 0.209 e. The van der Waals surface area contributed by atoms with E-state index in [1.54, 1.807) is 0 Å². The predicted molar refractivity (Wildman–Crippen MR) is 62.9 cm³/mol. The minimum absolute atomic E-state index is 0.0731. The van der Waals surface area contributed by atoms with Crippen LogP contribution in [0.1, 0.15) is 19.4 Å². The van der Waals surface area contributed by atoms with Crippen molar-refractivity contribution < 1.29 is 4.74 Å². The first-order valence-corrected chi connectivity index (χ1v) is 5.11. The van der Waals surface area contributed by atoms with Crippen LogP contribution < -0.4 is 0 Å². The number of benzene rings is 1. The summed E-state index contributed by atoms with van der Waals surface area (Å²) in [5.41, 5.74) is 1.09. The minimum Gasteiger partial charge on any atom is -0.475 e. The molecule has 1 aromatic carbocycles. The largest absolute Gasteiger partial charge is 0.475 e. The van der Waals surface area contributed by atoms with Gasteiger partial charge in [0.1, 0.15) is 6.61 Å². The molecule has 0 aromatic heterocycles. The Balaban J connectivity index is 2.08. The third-order valence-electron chi connectivity index (χ3n) is 2.20. The lowest BCUT2D eigenvalue weighted by molar-refractivity contribution is 0.280. The Morgan fingerprint density at radius 1 is 1.20 bits per heavy atom. The third-order valence-corrected chi connectivity index (χ3v) is 2.20. The van der Waals surface area contributed by atoms with Crippen molar-refractivity contribution in [2.24, 2.45) is 4.99 Å². The number of nitrogens with zero attached hydrogens (tertiary/aromatic N) is 1. The van der Waals surface area contributed by atoms with Crippen LogP contribution in [0.5, 0.6) is 0 Å². The highest BCUT2D eigenvalue weighted by molar-refractivity contribution is 5.93. The smallest absolute Gasteiger partial charge is 0.209 e. The van der Waals surface area contributed by atoms with Crippen molar-refractivity contribution in [1.82, 2.24) is 0 Å². The summed E-state index contributed by atoms with van der Waals surface area (Å²) >= 11 is 0. The Bertz CT molecular complexity index is 390. The van der Waals surface area contributed by atoms with Gasteiger partial charge in [-0.25, -0.2) is 4.99 Å². The van der Waals surface area contributed by atoms with Gasteiger partial charge in [0.2, 0.25) is 5.90 Å². The first kappa shape index (κ1) is 9.97. The van der Waals surface area contributed by atoms with Gasteiger partial charge in [0.15, 0.2) is 0 Å². The summed E-state index contributed by atoms with van der Waals surface area (Å²) in [6.45, 7) is 4.80. The molecule has 0 aliphatic carbocycles. The van der Waals surface area contributed by atoms with E-state index in [9.17, 15) is 0 Å². The Hall–Kier alpha value is -1.57. The van der Waals surface area contributed by atoms with E-state index >= 15 is 0 Å². The standard InChI is InChI=1S/C13H15NO/c1-13(2)10-15-12(14-13)9-8-11-6-4-3-5-7-11/h3-9H,10H2,1-2H3/b9-8-. The molecule has 1 heterocycles. The van der Waals surface area contributed by atoms with Crippen LogP contribution in [-0.4, -0.2) is 18.0 Å². The van der Waals surface area contributed by atoms with Crippen molar-refractivity contribution in [3.05, 3.63) is 42.0 Å². The van der Waals surface area contributed by atoms with E-state index in [1.807, 2.05) is 30.4 Å². The van der Waals surface area contributed by atoms with Crippen molar-refractivity contribution >= 4 is 12.0 Å². The summed E-state index contributed by atoms with van der Waals surface area (Å²) in [6.07, 6.45) is 3.93. The molecular formula is C13H15NO. The molecule has 0 unspecified atom stereocenters. The first-order valence-electron chi connectivity index (χ1n) is 5.11. The molecular weight excluding hydrogens is 186 g/mol. The fourth-order valence-corrected chi connectivity index (χ4v) is 1.43. The maximum absolute atomic E-state index is 5.45. The van der Waals surface area contributed by atoms with Crippen molar-refractivity contribution in [3.8, 4) is 0 Å². The van der Waals surface area contributed by atoms with Crippen molar-refractivity contribution in [1.29, 1.82) is 0 Å². The summed E-state index contributed by atoms with van der Waals surface area (Å²) in [7, 11) is 0. The van der Waals surface area contributed by atoms with E-state index in [4.69, 9.17) is 4.74 Å². The third kappa shape index (κ3) is 2.69. The normalized spacial score (nSPS) is 18.9. The summed E-state index contributed by atoms with van der Waals surface area (Å²) in [5.74, 6) is 0.726. The zero-order chi connectivity index (χ0) is 10.7. The SMILES string of the molecule is CC1(C)COC(/C=C\c2ccccc2)=N1. The summed E-state index contributed by atoms with van der Waals surface area (Å²) in [4.78, 5) is 4.44. The summed E-state index contributed by atoms with van der Waals surface area (Å²) < 4.78 is 5.45. The number of aliphatic imine (C=N–C) groups is 1. The highest BCUT2D eigenvalue weighted by atomic mass is 16.5. The predicted octanol–water partition coefficient (Wildman–Crippen LogP) is 2.91. The molecule has 0 atom stereocenters. The van der Waals surface area contributed by atoms with Gasteiger partial charge in [-0.2, -0.15) is 0 Å². The van der Waals surface area contributed by atoms with E-state index in [1.165, 1.54) is 0 Å². The van der Waals surface area contributed by atoms with Crippen LogP contribution in [0.3, 0.4) is 0 Å². The summed E-state index contributed by atoms with van der Waals surface area (Å²) in [6, 6.07) is 10.1. The number of hydrogen-bond acceptors (Lipinski definition) is 2. The second-order valence-corrected chi connectivity index (χ2v) is 4.30. The van der Waals surface area contributed by atoms with Gasteiger partial charge < -0.3 is 4.74 Å². The van der Waals surface area contributed by atoms with E-state index < -0.39 is 0 Å². The second kappa shape index (κ2) is 3.89. The van der Waals surface area contributed by atoms with E-state index in [0.717, 1.165) is 11.5 Å². The van der Waals surface area contributed by atoms with Crippen molar-refractivity contribution in [3.63, 3.8) is 0 Å². The fourth-order valence-electron chi connectivity index (χ4n) is 1.43. The Kier molecular flexibility index (Phi) is 2.58. The zero-order valence-electron chi connectivity index (χ0n) is 9.10. The number of ether oxygens (including phenoxy) is 1. The van der Waals surface area contributed by atoms with Crippen LogP contribution in [0.15, 0.2) is 41.4 Å². The van der Waals surface area contributed by atoms with Crippen LogP contribution in [-0.2, 0) is 4.74 Å². The lowest BCUT2D eigenvalue weighted by Crippen LogP contribution is -2.17. The molecule has 0 radical (unpaired) electrons. The van der Waals surface area contributed by atoms with Gasteiger partial charge in [-0.05, 0) is 25.5 Å². The van der Waals surface area contributed by atoms with Gasteiger partial charge >= 0.3 is 0 Å². The molecule has 1 aromatic rings. The molecule has 78 valence electrons. The molecule has 0 fully saturated rings. The average Bonchev–Trinajstić information content (AvgIpc) is 2.57. The molecule has 1 aliphatic rings. The van der Waals surface area contributed by atoms with Gasteiger partial charge in [-0.1, -0.05) is 30.3 Å². The zero-order valence-corrected chi connectivity index (χ0v) is 9.10. The van der Waals surface area contributed by atoms with E-state index in [0.29, 0.717) is 6.61 Å². The number of rotatable bonds is 2. The van der Waals surface area contributed by atoms with Gasteiger partial charge in [0.25, 0.3) is 0 Å². The molecule has 0 saturated carbocycles. The second-order valence-electron chi connectivity index (χ2n) is 4.30. The van der Waals surface area contributed by atoms with Gasteiger partial charge in [-0.15, -0.1) is 0 Å². The van der Waals surface area contributed by atoms with Crippen LogP contribution in [0.2, 0.25) is 0 Å². The Morgan fingerprint density at radius 2 is 1.93 bits per heavy atom. The van der Waals surface area contributed by atoms with Crippen molar-refractivity contribution in [2.75, 3.05) is 6.61 Å². The molecule has 2 heteroatoms. The molecule has 1 aliphatic heterocycles. The highest BCUT2D eigenvalue weighted by Crippen LogP contribution is 2.17. The quantitative estimate of drug-likeness (QED) is 0.721. The molecule has 0 saturated heterocycles. The molecule has 0 spiro atoms. The van der Waals surface area contributed by atoms with Gasteiger partial charge in [0, 0.05) is 6.08 Å². The Labute approximate surface area is 90.3 Å². The lowest BCUT2D eigenvalue weighted by Gasteiger charge is -2.07. The fraction of sp³-hybridized carbons (Fsp3) is 0.308. The topological polar surface area (TPSA) is 21.6 Å². The van der Waals surface area contributed by atoms with Gasteiger partial charge in [0.05, 0.1) is 5.54 Å². The molecule has 0 amide bonds. The molecule has 0 bridgehead atoms. The number of hydrogen-bond donors (Lipinski definition) is 0. The molecule has 0 N–H and O–H groups in total. The first-order chi connectivity index (χ1) is 7.16. The van der Waals surface area contributed by atoms with Crippen molar-refractivity contribution in [2.45, 2.75) is 19.4 Å². The minimum atomic E-state index is -0.0731. The lowest BCUT2D eigenvalue weighted by atomic mass is 10.1. The van der Waals surface area contributed by atoms with Crippen LogP contribution in [0.25, 0.3) is 6.08 Å². The average molecular weight is 201 g/mol.